The molecule has 3 N–H and O–H groups in total. The van der Waals surface area contributed by atoms with E-state index in [2.05, 4.69) is 34.4 Å². The Morgan fingerprint density at radius 1 is 1.65 bits per heavy atom. The molecular weight excluding hydrogens is 216 g/mol. The number of nitrogens with one attached hydrogen (secondary N) is 3. The third kappa shape index (κ3) is 2.34. The molecule has 5 heteroatoms. The van der Waals surface area contributed by atoms with Gasteiger partial charge in [0.05, 0.1) is 24.0 Å². The van der Waals surface area contributed by atoms with Crippen LogP contribution >= 0.6 is 0 Å². The molecule has 0 bridgehead atoms. The molecule has 94 valence electrons. The monoisotopic (exact) mass is 236 g/mol. The zero-order valence-corrected chi connectivity index (χ0v) is 10.4. The lowest BCUT2D eigenvalue weighted by Gasteiger charge is -2.30. The standard InChI is InChI=1S/C12H20N4O/c1-9(2)12(3-4-13-7-12)11(17)15-6-10-5-14-8-16-10/h5,8-9,13H,3-4,6-7H2,1-2H3,(H,14,16)(H,15,17). The van der Waals surface area contributed by atoms with Gasteiger partial charge in [0.15, 0.2) is 0 Å². The van der Waals surface area contributed by atoms with Gasteiger partial charge < -0.3 is 15.6 Å². The van der Waals surface area contributed by atoms with E-state index in [4.69, 9.17) is 0 Å². The first-order valence-corrected chi connectivity index (χ1v) is 6.11. The molecule has 1 amide bonds. The molecule has 2 heterocycles. The van der Waals surface area contributed by atoms with E-state index in [1.54, 1.807) is 12.5 Å². The summed E-state index contributed by atoms with van der Waals surface area (Å²) >= 11 is 0. The van der Waals surface area contributed by atoms with Gasteiger partial charge in [0.2, 0.25) is 5.91 Å². The summed E-state index contributed by atoms with van der Waals surface area (Å²) < 4.78 is 0. The first-order valence-electron chi connectivity index (χ1n) is 6.11. The first kappa shape index (κ1) is 12.1. The van der Waals surface area contributed by atoms with E-state index in [1.807, 2.05) is 0 Å². The lowest BCUT2D eigenvalue weighted by atomic mass is 9.75. The molecular formula is C12H20N4O. The summed E-state index contributed by atoms with van der Waals surface area (Å²) in [6.07, 6.45) is 4.27. The van der Waals surface area contributed by atoms with Crippen molar-refractivity contribution in [3.05, 3.63) is 18.2 Å². The number of H-pyrrole nitrogens is 1. The highest BCUT2D eigenvalue weighted by Crippen LogP contribution is 2.34. The third-order valence-electron chi connectivity index (χ3n) is 3.74. The molecule has 1 unspecified atom stereocenters. The van der Waals surface area contributed by atoms with Crippen molar-refractivity contribution >= 4 is 5.91 Å². The molecule has 1 aromatic heterocycles. The third-order valence-corrected chi connectivity index (χ3v) is 3.74. The van der Waals surface area contributed by atoms with Crippen LogP contribution in [0.1, 0.15) is 26.0 Å². The Balaban J connectivity index is 1.98. The number of nitrogens with zero attached hydrogens (tertiary/aromatic N) is 1. The van der Waals surface area contributed by atoms with E-state index in [0.29, 0.717) is 12.5 Å². The highest BCUT2D eigenvalue weighted by atomic mass is 16.2. The number of hydrogen-bond acceptors (Lipinski definition) is 3. The second-order valence-electron chi connectivity index (χ2n) is 5.00. The molecule has 1 saturated heterocycles. The van der Waals surface area contributed by atoms with Gasteiger partial charge in [0.25, 0.3) is 0 Å². The minimum atomic E-state index is -0.250. The Morgan fingerprint density at radius 2 is 2.47 bits per heavy atom. The maximum Gasteiger partial charge on any atom is 0.228 e. The smallest absolute Gasteiger partial charge is 0.228 e. The van der Waals surface area contributed by atoms with Crippen LogP contribution in [0.5, 0.6) is 0 Å². The van der Waals surface area contributed by atoms with Gasteiger partial charge in [-0.3, -0.25) is 4.79 Å². The van der Waals surface area contributed by atoms with Crippen LogP contribution in [0.15, 0.2) is 12.5 Å². The number of rotatable bonds is 4. The molecule has 1 aliphatic heterocycles. The molecule has 0 saturated carbocycles. The molecule has 0 radical (unpaired) electrons. The lowest BCUT2D eigenvalue weighted by molar-refractivity contribution is -0.132. The van der Waals surface area contributed by atoms with E-state index < -0.39 is 0 Å². The van der Waals surface area contributed by atoms with Crippen molar-refractivity contribution in [2.45, 2.75) is 26.8 Å². The second-order valence-corrected chi connectivity index (χ2v) is 5.00. The maximum absolute atomic E-state index is 12.3. The Bertz CT molecular complexity index is 366. The van der Waals surface area contributed by atoms with Crippen molar-refractivity contribution < 1.29 is 4.79 Å². The minimum Gasteiger partial charge on any atom is -0.350 e. The van der Waals surface area contributed by atoms with Crippen LogP contribution < -0.4 is 10.6 Å². The van der Waals surface area contributed by atoms with Crippen LogP contribution in [0, 0.1) is 11.3 Å². The molecule has 17 heavy (non-hydrogen) atoms. The Labute approximate surface area is 101 Å². The average Bonchev–Trinajstić information content (AvgIpc) is 2.97. The summed E-state index contributed by atoms with van der Waals surface area (Å²) in [4.78, 5) is 19.2. The van der Waals surface area contributed by atoms with Crippen LogP contribution in [0.25, 0.3) is 0 Å². The fraction of sp³-hybridized carbons (Fsp3) is 0.667. The fourth-order valence-corrected chi connectivity index (χ4v) is 2.39. The van der Waals surface area contributed by atoms with Crippen LogP contribution in [0.2, 0.25) is 0 Å². The number of aromatic nitrogens is 2. The van der Waals surface area contributed by atoms with E-state index >= 15 is 0 Å². The van der Waals surface area contributed by atoms with Crippen molar-refractivity contribution in [1.82, 2.24) is 20.6 Å². The molecule has 1 aromatic rings. The van der Waals surface area contributed by atoms with Crippen molar-refractivity contribution in [2.24, 2.45) is 11.3 Å². The minimum absolute atomic E-state index is 0.145. The molecule has 1 aliphatic rings. The number of imidazole rings is 1. The van der Waals surface area contributed by atoms with Gasteiger partial charge in [-0.25, -0.2) is 4.98 Å². The largest absolute Gasteiger partial charge is 0.350 e. The normalized spacial score (nSPS) is 24.2. The number of carbonyl (C=O) groups is 1. The number of hydrogen-bond donors (Lipinski definition) is 3. The highest BCUT2D eigenvalue weighted by molar-refractivity contribution is 5.83. The van der Waals surface area contributed by atoms with Gasteiger partial charge in [0, 0.05) is 12.7 Å². The predicted molar refractivity (Wildman–Crippen MR) is 65.2 cm³/mol. The molecule has 1 atom stereocenters. The van der Waals surface area contributed by atoms with Gasteiger partial charge in [-0.1, -0.05) is 13.8 Å². The second kappa shape index (κ2) is 4.87. The molecule has 0 aromatic carbocycles. The zero-order valence-electron chi connectivity index (χ0n) is 10.4. The molecule has 0 spiro atoms. The Morgan fingerprint density at radius 3 is 3.00 bits per heavy atom. The number of amides is 1. The summed E-state index contributed by atoms with van der Waals surface area (Å²) in [6, 6.07) is 0. The lowest BCUT2D eigenvalue weighted by Crippen LogP contribution is -2.45. The summed E-state index contributed by atoms with van der Waals surface area (Å²) in [6.45, 7) is 6.45. The van der Waals surface area contributed by atoms with Gasteiger partial charge in [-0.05, 0) is 18.9 Å². The van der Waals surface area contributed by atoms with Crippen molar-refractivity contribution in [3.63, 3.8) is 0 Å². The SMILES string of the molecule is CC(C)C1(C(=O)NCc2cnc[nH]2)CCNC1. The average molecular weight is 236 g/mol. The Kier molecular flexibility index (Phi) is 3.47. The highest BCUT2D eigenvalue weighted by Gasteiger charge is 2.43. The number of aromatic amines is 1. The van der Waals surface area contributed by atoms with Crippen LogP contribution in [-0.4, -0.2) is 29.0 Å². The topological polar surface area (TPSA) is 69.8 Å². The van der Waals surface area contributed by atoms with E-state index in [-0.39, 0.29) is 11.3 Å². The van der Waals surface area contributed by atoms with Crippen molar-refractivity contribution in [1.29, 1.82) is 0 Å². The zero-order chi connectivity index (χ0) is 12.3. The summed E-state index contributed by atoms with van der Waals surface area (Å²) in [5, 5.41) is 6.29. The molecule has 0 aliphatic carbocycles. The summed E-state index contributed by atoms with van der Waals surface area (Å²) in [5.74, 6) is 0.492. The van der Waals surface area contributed by atoms with Gasteiger partial charge >= 0.3 is 0 Å². The maximum atomic E-state index is 12.3. The van der Waals surface area contributed by atoms with Crippen molar-refractivity contribution in [2.75, 3.05) is 13.1 Å². The fourth-order valence-electron chi connectivity index (χ4n) is 2.39. The van der Waals surface area contributed by atoms with Crippen LogP contribution in [0.4, 0.5) is 0 Å². The van der Waals surface area contributed by atoms with Gasteiger partial charge in [0.1, 0.15) is 0 Å². The quantitative estimate of drug-likeness (QED) is 0.719. The summed E-state index contributed by atoms with van der Waals surface area (Å²) in [5.41, 5.74) is 0.684. The predicted octanol–water partition coefficient (Wildman–Crippen LogP) is 0.662. The van der Waals surface area contributed by atoms with Gasteiger partial charge in [-0.15, -0.1) is 0 Å². The van der Waals surface area contributed by atoms with Crippen LogP contribution in [0.3, 0.4) is 0 Å². The van der Waals surface area contributed by atoms with Crippen molar-refractivity contribution in [3.8, 4) is 0 Å². The van der Waals surface area contributed by atoms with Gasteiger partial charge in [-0.2, -0.15) is 0 Å². The molecule has 1 fully saturated rings. The van der Waals surface area contributed by atoms with Crippen LogP contribution in [-0.2, 0) is 11.3 Å². The number of carbonyl (C=O) groups excluding carboxylic acids is 1. The van der Waals surface area contributed by atoms with E-state index in [9.17, 15) is 4.79 Å². The summed E-state index contributed by atoms with van der Waals surface area (Å²) in [7, 11) is 0. The van der Waals surface area contributed by atoms with E-state index in [1.165, 1.54) is 0 Å². The molecule has 2 rings (SSSR count). The van der Waals surface area contributed by atoms with E-state index in [0.717, 1.165) is 25.2 Å². The molecule has 5 nitrogen and oxygen atoms in total. The Hall–Kier alpha value is -1.36. The first-order chi connectivity index (χ1) is 8.15.